The Balaban J connectivity index is 1.60. The molecule has 0 unspecified atom stereocenters. The van der Waals surface area contributed by atoms with E-state index in [-0.39, 0.29) is 6.61 Å². The zero-order valence-corrected chi connectivity index (χ0v) is 11.7. The minimum atomic E-state index is -0.398. The molecule has 2 rings (SSSR count). The number of alkyl carbamates (subject to hydrolysis) is 1. The molecule has 0 bridgehead atoms. The molecule has 1 aromatic heterocycles. The van der Waals surface area contributed by atoms with Gasteiger partial charge in [0.25, 0.3) is 0 Å². The van der Waals surface area contributed by atoms with Crippen LogP contribution in [-0.4, -0.2) is 17.6 Å². The third-order valence-corrected chi connectivity index (χ3v) is 2.77. The van der Waals surface area contributed by atoms with Crippen molar-refractivity contribution in [2.45, 2.75) is 13.0 Å². The first kappa shape index (κ1) is 14.8. The summed E-state index contributed by atoms with van der Waals surface area (Å²) in [5, 5.41) is 2.71. The third-order valence-electron chi connectivity index (χ3n) is 2.77. The maximum absolute atomic E-state index is 11.5. The Morgan fingerprint density at radius 2 is 1.95 bits per heavy atom. The number of hydrogen-bond acceptors (Lipinski definition) is 3. The van der Waals surface area contributed by atoms with E-state index in [0.29, 0.717) is 6.54 Å². The average molecular weight is 282 g/mol. The van der Waals surface area contributed by atoms with Crippen molar-refractivity contribution in [1.29, 1.82) is 0 Å². The van der Waals surface area contributed by atoms with Crippen LogP contribution in [0, 0.1) is 0 Å². The molecule has 21 heavy (non-hydrogen) atoms. The number of benzene rings is 1. The molecule has 1 heterocycles. The van der Waals surface area contributed by atoms with E-state index in [1.807, 2.05) is 60.7 Å². The van der Waals surface area contributed by atoms with Gasteiger partial charge in [-0.25, -0.2) is 4.79 Å². The number of nitrogens with one attached hydrogen (secondary N) is 1. The van der Waals surface area contributed by atoms with Crippen molar-refractivity contribution in [2.75, 3.05) is 6.54 Å². The van der Waals surface area contributed by atoms with Gasteiger partial charge in [0.15, 0.2) is 0 Å². The first-order valence-corrected chi connectivity index (χ1v) is 6.87. The number of aromatic nitrogens is 1. The highest BCUT2D eigenvalue weighted by atomic mass is 16.5. The van der Waals surface area contributed by atoms with Crippen LogP contribution >= 0.6 is 0 Å². The molecule has 1 amide bonds. The van der Waals surface area contributed by atoms with E-state index in [1.165, 1.54) is 0 Å². The molecule has 4 heteroatoms. The fourth-order valence-corrected chi connectivity index (χ4v) is 1.71. The van der Waals surface area contributed by atoms with Crippen LogP contribution in [0.1, 0.15) is 17.7 Å². The summed E-state index contributed by atoms with van der Waals surface area (Å²) in [6.07, 6.45) is 5.98. The van der Waals surface area contributed by atoms with Crippen molar-refractivity contribution in [1.82, 2.24) is 10.3 Å². The van der Waals surface area contributed by atoms with Crippen LogP contribution in [0.15, 0.2) is 60.8 Å². The molecule has 0 aliphatic rings. The summed E-state index contributed by atoms with van der Waals surface area (Å²) >= 11 is 0. The second-order valence-electron chi connectivity index (χ2n) is 4.43. The molecule has 2 aromatic rings. The standard InChI is InChI=1S/C17H18N2O2/c20-17(21-14-15-8-2-1-3-9-15)19-13-7-5-11-16-10-4-6-12-18-16/h1-6,8-12H,7,13-14H2,(H,19,20). The zero-order chi connectivity index (χ0) is 14.8. The van der Waals surface area contributed by atoms with Gasteiger partial charge < -0.3 is 10.1 Å². The molecular formula is C17H18N2O2. The summed E-state index contributed by atoms with van der Waals surface area (Å²) in [4.78, 5) is 15.7. The van der Waals surface area contributed by atoms with Gasteiger partial charge in [0.2, 0.25) is 0 Å². The SMILES string of the molecule is O=C(NCCC=Cc1ccccn1)OCc1ccccc1. The highest BCUT2D eigenvalue weighted by Crippen LogP contribution is 2.00. The summed E-state index contributed by atoms with van der Waals surface area (Å²) in [6.45, 7) is 0.827. The number of carbonyl (C=O) groups is 1. The number of rotatable bonds is 6. The van der Waals surface area contributed by atoms with Crippen LogP contribution in [0.5, 0.6) is 0 Å². The molecule has 0 spiro atoms. The monoisotopic (exact) mass is 282 g/mol. The van der Waals surface area contributed by atoms with Crippen molar-refractivity contribution in [3.05, 3.63) is 72.1 Å². The lowest BCUT2D eigenvalue weighted by molar-refractivity contribution is 0.140. The largest absolute Gasteiger partial charge is 0.445 e. The Bertz CT molecular complexity index is 568. The summed E-state index contributed by atoms with van der Waals surface area (Å²) in [6, 6.07) is 15.3. The van der Waals surface area contributed by atoms with Crippen molar-refractivity contribution in [3.8, 4) is 0 Å². The Morgan fingerprint density at radius 3 is 2.71 bits per heavy atom. The molecule has 1 N–H and O–H groups in total. The first-order valence-electron chi connectivity index (χ1n) is 6.87. The molecule has 0 aliphatic carbocycles. The summed E-state index contributed by atoms with van der Waals surface area (Å²) in [5.74, 6) is 0. The van der Waals surface area contributed by atoms with E-state index in [4.69, 9.17) is 4.74 Å². The lowest BCUT2D eigenvalue weighted by Gasteiger charge is -2.05. The summed E-state index contributed by atoms with van der Waals surface area (Å²) in [7, 11) is 0. The Morgan fingerprint density at radius 1 is 1.14 bits per heavy atom. The quantitative estimate of drug-likeness (QED) is 0.826. The molecule has 108 valence electrons. The van der Waals surface area contributed by atoms with Crippen molar-refractivity contribution < 1.29 is 9.53 Å². The Labute approximate surface area is 124 Å². The number of pyridine rings is 1. The van der Waals surface area contributed by atoms with Crippen molar-refractivity contribution in [3.63, 3.8) is 0 Å². The average Bonchev–Trinajstić information content (AvgIpc) is 2.54. The van der Waals surface area contributed by atoms with E-state index >= 15 is 0 Å². The number of hydrogen-bond donors (Lipinski definition) is 1. The van der Waals surface area contributed by atoms with Gasteiger partial charge >= 0.3 is 6.09 Å². The van der Waals surface area contributed by atoms with Gasteiger partial charge in [0.05, 0.1) is 5.69 Å². The molecule has 0 radical (unpaired) electrons. The highest BCUT2D eigenvalue weighted by Gasteiger charge is 2.00. The molecule has 0 fully saturated rings. The van der Waals surface area contributed by atoms with E-state index in [9.17, 15) is 4.79 Å². The van der Waals surface area contributed by atoms with Gasteiger partial charge in [-0.2, -0.15) is 0 Å². The van der Waals surface area contributed by atoms with Gasteiger partial charge in [0, 0.05) is 12.7 Å². The van der Waals surface area contributed by atoms with Crippen LogP contribution in [0.25, 0.3) is 6.08 Å². The second-order valence-corrected chi connectivity index (χ2v) is 4.43. The lowest BCUT2D eigenvalue weighted by atomic mass is 10.2. The molecule has 1 aromatic carbocycles. The van der Waals surface area contributed by atoms with E-state index < -0.39 is 6.09 Å². The fourth-order valence-electron chi connectivity index (χ4n) is 1.71. The van der Waals surface area contributed by atoms with Crippen LogP contribution in [-0.2, 0) is 11.3 Å². The molecule has 0 saturated heterocycles. The summed E-state index contributed by atoms with van der Waals surface area (Å²) < 4.78 is 5.11. The van der Waals surface area contributed by atoms with Crippen LogP contribution in [0.4, 0.5) is 4.79 Å². The number of ether oxygens (including phenoxy) is 1. The van der Waals surface area contributed by atoms with E-state index in [2.05, 4.69) is 10.3 Å². The molecule has 4 nitrogen and oxygen atoms in total. The molecule has 0 atom stereocenters. The fraction of sp³-hybridized carbons (Fsp3) is 0.176. The normalized spacial score (nSPS) is 10.5. The van der Waals surface area contributed by atoms with Crippen molar-refractivity contribution >= 4 is 12.2 Å². The first-order chi connectivity index (χ1) is 10.3. The topological polar surface area (TPSA) is 51.2 Å². The Kier molecular flexibility index (Phi) is 6.00. The smallest absolute Gasteiger partial charge is 0.407 e. The maximum Gasteiger partial charge on any atom is 0.407 e. The highest BCUT2D eigenvalue weighted by molar-refractivity contribution is 5.67. The number of amides is 1. The minimum absolute atomic E-state index is 0.288. The summed E-state index contributed by atoms with van der Waals surface area (Å²) in [5.41, 5.74) is 1.88. The van der Waals surface area contributed by atoms with Gasteiger partial charge in [-0.1, -0.05) is 42.5 Å². The van der Waals surface area contributed by atoms with Crippen molar-refractivity contribution in [2.24, 2.45) is 0 Å². The molecule has 0 saturated carbocycles. The third kappa shape index (κ3) is 5.91. The van der Waals surface area contributed by atoms with Gasteiger partial charge in [-0.15, -0.1) is 0 Å². The lowest BCUT2D eigenvalue weighted by Crippen LogP contribution is -2.24. The van der Waals surface area contributed by atoms with E-state index in [0.717, 1.165) is 17.7 Å². The number of nitrogens with zero attached hydrogens (tertiary/aromatic N) is 1. The van der Waals surface area contributed by atoms with Gasteiger partial charge in [-0.05, 0) is 30.2 Å². The molecular weight excluding hydrogens is 264 g/mol. The van der Waals surface area contributed by atoms with Crippen LogP contribution < -0.4 is 5.32 Å². The number of carbonyl (C=O) groups excluding carboxylic acids is 1. The Hall–Kier alpha value is -2.62. The second kappa shape index (κ2) is 8.53. The van der Waals surface area contributed by atoms with Crippen LogP contribution in [0.2, 0.25) is 0 Å². The maximum atomic E-state index is 11.5. The van der Waals surface area contributed by atoms with Gasteiger partial charge in [-0.3, -0.25) is 4.98 Å². The van der Waals surface area contributed by atoms with E-state index in [1.54, 1.807) is 6.20 Å². The molecule has 0 aliphatic heterocycles. The van der Waals surface area contributed by atoms with Crippen LogP contribution in [0.3, 0.4) is 0 Å². The van der Waals surface area contributed by atoms with Gasteiger partial charge in [0.1, 0.15) is 6.61 Å². The predicted octanol–water partition coefficient (Wildman–Crippen LogP) is 3.41. The predicted molar refractivity (Wildman–Crippen MR) is 82.5 cm³/mol. The zero-order valence-electron chi connectivity index (χ0n) is 11.7. The minimum Gasteiger partial charge on any atom is -0.445 e.